The molecule has 3 aliphatic rings. The SMILES string of the molecule is CN(C)C(=O)N(C1CCCCC1)C1CCN(C(=O)[C@@H](Cc2ccc(Cl)cc2)N[C@H]2CC[C@@H](N)CC2)CC1. The van der Waals surface area contributed by atoms with E-state index >= 15 is 0 Å². The van der Waals surface area contributed by atoms with Crippen LogP contribution in [0.15, 0.2) is 24.3 Å². The van der Waals surface area contributed by atoms with Crippen LogP contribution in [0, 0.1) is 0 Å². The number of carbonyl (C=O) groups is 2. The van der Waals surface area contributed by atoms with Gasteiger partial charge in [-0.05, 0) is 75.5 Å². The fraction of sp³-hybridized carbons (Fsp3) is 0.724. The molecule has 0 aromatic heterocycles. The highest BCUT2D eigenvalue weighted by atomic mass is 35.5. The second-order valence-electron chi connectivity index (χ2n) is 11.6. The number of nitrogens with zero attached hydrogens (tertiary/aromatic N) is 3. The van der Waals surface area contributed by atoms with Gasteiger partial charge in [-0.2, -0.15) is 0 Å². The monoisotopic (exact) mass is 531 g/mol. The predicted octanol–water partition coefficient (Wildman–Crippen LogP) is 4.42. The van der Waals surface area contributed by atoms with E-state index in [1.807, 2.05) is 43.3 Å². The minimum atomic E-state index is -0.269. The van der Waals surface area contributed by atoms with E-state index in [9.17, 15) is 9.59 Å². The first-order valence-electron chi connectivity index (χ1n) is 14.4. The van der Waals surface area contributed by atoms with Gasteiger partial charge in [0.2, 0.25) is 5.91 Å². The van der Waals surface area contributed by atoms with E-state index in [0.29, 0.717) is 36.6 Å². The summed E-state index contributed by atoms with van der Waals surface area (Å²) in [7, 11) is 3.70. The van der Waals surface area contributed by atoms with Crippen molar-refractivity contribution in [3.05, 3.63) is 34.9 Å². The Hall–Kier alpha value is -1.83. The average molecular weight is 532 g/mol. The predicted molar refractivity (Wildman–Crippen MR) is 150 cm³/mol. The number of nitrogens with two attached hydrogens (primary N) is 1. The maximum Gasteiger partial charge on any atom is 0.319 e. The molecule has 8 heteroatoms. The second-order valence-corrected chi connectivity index (χ2v) is 12.0. The summed E-state index contributed by atoms with van der Waals surface area (Å²) in [5.74, 6) is 0.173. The number of hydrogen-bond donors (Lipinski definition) is 2. The maximum absolute atomic E-state index is 13.9. The lowest BCUT2D eigenvalue weighted by atomic mass is 9.90. The number of hydrogen-bond acceptors (Lipinski definition) is 4. The van der Waals surface area contributed by atoms with Crippen LogP contribution < -0.4 is 11.1 Å². The van der Waals surface area contributed by atoms with Gasteiger partial charge >= 0.3 is 6.03 Å². The molecular formula is C29H46ClN5O2. The molecule has 3 fully saturated rings. The summed E-state index contributed by atoms with van der Waals surface area (Å²) in [5.41, 5.74) is 7.24. The van der Waals surface area contributed by atoms with Gasteiger partial charge in [-0.25, -0.2) is 4.79 Å². The molecule has 7 nitrogen and oxygen atoms in total. The van der Waals surface area contributed by atoms with E-state index in [1.54, 1.807) is 4.90 Å². The standard InChI is InChI=1S/C29H46ClN5O2/c1-33(2)29(37)35(25-6-4-3-5-7-25)26-16-18-34(19-17-26)28(36)27(20-21-8-10-22(30)11-9-21)32-24-14-12-23(31)13-15-24/h8-11,23-27,32H,3-7,12-20,31H2,1-2H3/t23-,24+,27-/m1/s1. The molecule has 1 atom stereocenters. The fourth-order valence-electron chi connectivity index (χ4n) is 6.43. The van der Waals surface area contributed by atoms with Crippen LogP contribution >= 0.6 is 11.6 Å². The lowest BCUT2D eigenvalue weighted by Crippen LogP contribution is -2.58. The zero-order chi connectivity index (χ0) is 26.4. The molecule has 1 heterocycles. The summed E-state index contributed by atoms with van der Waals surface area (Å²) in [4.78, 5) is 32.9. The first-order valence-corrected chi connectivity index (χ1v) is 14.7. The van der Waals surface area contributed by atoms with Gasteiger partial charge in [-0.1, -0.05) is 43.0 Å². The number of likely N-dealkylation sites (tertiary alicyclic amines) is 1. The van der Waals surface area contributed by atoms with Gasteiger partial charge < -0.3 is 25.8 Å². The molecule has 2 aliphatic carbocycles. The van der Waals surface area contributed by atoms with Gasteiger partial charge in [0.25, 0.3) is 0 Å². The number of rotatable bonds is 7. The molecule has 2 saturated carbocycles. The summed E-state index contributed by atoms with van der Waals surface area (Å²) < 4.78 is 0. The molecule has 1 aromatic rings. The number of nitrogens with one attached hydrogen (secondary N) is 1. The largest absolute Gasteiger partial charge is 0.341 e. The van der Waals surface area contributed by atoms with Crippen molar-refractivity contribution in [3.8, 4) is 0 Å². The molecule has 37 heavy (non-hydrogen) atoms. The molecule has 0 spiro atoms. The lowest BCUT2D eigenvalue weighted by molar-refractivity contribution is -0.135. The lowest BCUT2D eigenvalue weighted by Gasteiger charge is -2.45. The maximum atomic E-state index is 13.9. The molecule has 1 saturated heterocycles. The smallest absolute Gasteiger partial charge is 0.319 e. The summed E-state index contributed by atoms with van der Waals surface area (Å²) >= 11 is 6.11. The minimum absolute atomic E-state index is 0.120. The summed E-state index contributed by atoms with van der Waals surface area (Å²) in [6.45, 7) is 1.39. The number of piperidine rings is 1. The Balaban J connectivity index is 1.41. The first kappa shape index (κ1) is 28.2. The van der Waals surface area contributed by atoms with Crippen LogP contribution in [0.2, 0.25) is 5.02 Å². The normalized spacial score (nSPS) is 24.5. The topological polar surface area (TPSA) is 81.9 Å². The molecule has 1 aromatic carbocycles. The van der Waals surface area contributed by atoms with Gasteiger partial charge in [-0.15, -0.1) is 0 Å². The van der Waals surface area contributed by atoms with Crippen molar-refractivity contribution in [3.63, 3.8) is 0 Å². The second kappa shape index (κ2) is 13.3. The van der Waals surface area contributed by atoms with Crippen LogP contribution in [-0.2, 0) is 11.2 Å². The van der Waals surface area contributed by atoms with Crippen LogP contribution in [0.25, 0.3) is 0 Å². The Kier molecular flexibility index (Phi) is 10.1. The fourth-order valence-corrected chi connectivity index (χ4v) is 6.56. The van der Waals surface area contributed by atoms with Crippen LogP contribution in [0.5, 0.6) is 0 Å². The zero-order valence-electron chi connectivity index (χ0n) is 22.7. The van der Waals surface area contributed by atoms with Crippen LogP contribution in [0.3, 0.4) is 0 Å². The molecule has 206 valence electrons. The third-order valence-corrected chi connectivity index (χ3v) is 8.85. The first-order chi connectivity index (χ1) is 17.8. The highest BCUT2D eigenvalue weighted by molar-refractivity contribution is 6.30. The summed E-state index contributed by atoms with van der Waals surface area (Å²) in [5, 5.41) is 4.41. The van der Waals surface area contributed by atoms with E-state index in [1.165, 1.54) is 19.3 Å². The van der Waals surface area contributed by atoms with Crippen molar-refractivity contribution in [2.75, 3.05) is 27.2 Å². The van der Waals surface area contributed by atoms with E-state index in [2.05, 4.69) is 10.2 Å². The van der Waals surface area contributed by atoms with Gasteiger partial charge in [0.15, 0.2) is 0 Å². The number of amides is 3. The van der Waals surface area contributed by atoms with Crippen molar-refractivity contribution < 1.29 is 9.59 Å². The summed E-state index contributed by atoms with van der Waals surface area (Å²) in [6, 6.07) is 8.79. The molecule has 1 aliphatic heterocycles. The Morgan fingerprint density at radius 3 is 2.14 bits per heavy atom. The van der Waals surface area contributed by atoms with Crippen molar-refractivity contribution in [1.82, 2.24) is 20.0 Å². The molecule has 0 radical (unpaired) electrons. The van der Waals surface area contributed by atoms with Gasteiger partial charge in [0, 0.05) is 56.4 Å². The third kappa shape index (κ3) is 7.61. The van der Waals surface area contributed by atoms with Crippen molar-refractivity contribution in [2.24, 2.45) is 5.73 Å². The van der Waals surface area contributed by atoms with Gasteiger partial charge in [-0.3, -0.25) is 4.79 Å². The molecule has 4 rings (SSSR count). The highest BCUT2D eigenvalue weighted by Gasteiger charge is 2.37. The van der Waals surface area contributed by atoms with E-state index in [-0.39, 0.29) is 30.1 Å². The minimum Gasteiger partial charge on any atom is -0.341 e. The number of carbonyl (C=O) groups excluding carboxylic acids is 2. The number of urea groups is 1. The van der Waals surface area contributed by atoms with E-state index < -0.39 is 0 Å². The molecule has 0 unspecified atom stereocenters. The van der Waals surface area contributed by atoms with Crippen molar-refractivity contribution in [2.45, 2.75) is 107 Å². The Morgan fingerprint density at radius 2 is 1.54 bits per heavy atom. The van der Waals surface area contributed by atoms with Crippen molar-refractivity contribution in [1.29, 1.82) is 0 Å². The van der Waals surface area contributed by atoms with Crippen LogP contribution in [0.4, 0.5) is 4.79 Å². The molecule has 0 bridgehead atoms. The van der Waals surface area contributed by atoms with Crippen LogP contribution in [0.1, 0.15) is 76.2 Å². The van der Waals surface area contributed by atoms with Crippen LogP contribution in [-0.4, -0.2) is 84.0 Å². The van der Waals surface area contributed by atoms with Gasteiger partial charge in [0.05, 0.1) is 6.04 Å². The molecular weight excluding hydrogens is 486 g/mol. The summed E-state index contributed by atoms with van der Waals surface area (Å²) in [6.07, 6.45) is 12.2. The number of benzene rings is 1. The van der Waals surface area contributed by atoms with E-state index in [0.717, 1.165) is 56.9 Å². The quantitative estimate of drug-likeness (QED) is 0.545. The average Bonchev–Trinajstić information content (AvgIpc) is 2.91. The molecule has 3 amide bonds. The Labute approximate surface area is 228 Å². The Morgan fingerprint density at radius 1 is 0.946 bits per heavy atom. The molecule has 3 N–H and O–H groups in total. The highest BCUT2D eigenvalue weighted by Crippen LogP contribution is 2.29. The van der Waals surface area contributed by atoms with Crippen molar-refractivity contribution >= 4 is 23.5 Å². The third-order valence-electron chi connectivity index (χ3n) is 8.60. The van der Waals surface area contributed by atoms with Gasteiger partial charge in [0.1, 0.15) is 0 Å². The van der Waals surface area contributed by atoms with E-state index in [4.69, 9.17) is 17.3 Å². The Bertz CT molecular complexity index is 873. The number of halogens is 1. The zero-order valence-corrected chi connectivity index (χ0v) is 23.5.